The van der Waals surface area contributed by atoms with Gasteiger partial charge in [0.15, 0.2) is 6.10 Å². The van der Waals surface area contributed by atoms with Crippen LogP contribution in [0, 0.1) is 0 Å². The second kappa shape index (κ2) is 66.6. The lowest BCUT2D eigenvalue weighted by atomic mass is 10.0. The van der Waals surface area contributed by atoms with Gasteiger partial charge in [0.25, 0.3) is 0 Å². The summed E-state index contributed by atoms with van der Waals surface area (Å²) in [6.07, 6.45) is 91.1. The van der Waals surface area contributed by atoms with E-state index in [1.54, 1.807) is 0 Å². The molecule has 0 aromatic rings. The van der Waals surface area contributed by atoms with Gasteiger partial charge in [-0.2, -0.15) is 0 Å². The summed E-state index contributed by atoms with van der Waals surface area (Å²) in [5.41, 5.74) is 0. The molecule has 79 heavy (non-hydrogen) atoms. The van der Waals surface area contributed by atoms with E-state index < -0.39 is 6.10 Å². The first-order valence-corrected chi connectivity index (χ1v) is 33.4. The number of hydrogen-bond donors (Lipinski definition) is 0. The number of unbranched alkanes of at least 4 members (excludes halogenated alkanes) is 31. The molecule has 0 rings (SSSR count). The van der Waals surface area contributed by atoms with Gasteiger partial charge in [-0.15, -0.1) is 0 Å². The van der Waals surface area contributed by atoms with Crippen LogP contribution in [0.2, 0.25) is 0 Å². The Morgan fingerprint density at radius 3 is 0.848 bits per heavy atom. The standard InChI is InChI=1S/C73H124O6/c1-4-7-10-13-16-19-22-25-28-30-32-34-36-38-39-41-43-45-48-51-54-57-60-63-66-72(75)78-69-70(68-77-71(74)65-62-59-56-53-50-47-27-24-21-18-15-12-9-6-3)79-73(76)67-64-61-58-55-52-49-46-44-42-40-37-35-33-31-29-26-23-20-17-14-11-8-5-2/h8,11,15,17-18,20,24,26-27,29,33,35,40,42,46,49,55,58,70H,4-7,9-10,12-14,16,19,21-23,25,28,30-32,34,36-39,41,43-45,47-48,50-54,56-57,59-69H2,1-3H3/b11-8-,18-15-,20-17-,27-24-,29-26-,35-33-,42-40-,49-46-,58-55-. The van der Waals surface area contributed by atoms with Gasteiger partial charge >= 0.3 is 17.9 Å². The summed E-state index contributed by atoms with van der Waals surface area (Å²) in [4.78, 5) is 38.3. The van der Waals surface area contributed by atoms with Gasteiger partial charge in [0.2, 0.25) is 0 Å². The first-order chi connectivity index (χ1) is 39.0. The Bertz CT molecular complexity index is 1590. The summed E-state index contributed by atoms with van der Waals surface area (Å²) in [5, 5.41) is 0. The highest BCUT2D eigenvalue weighted by atomic mass is 16.6. The molecule has 0 aliphatic carbocycles. The second-order valence-corrected chi connectivity index (χ2v) is 22.0. The molecule has 0 heterocycles. The molecule has 0 saturated heterocycles. The van der Waals surface area contributed by atoms with Crippen molar-refractivity contribution in [3.8, 4) is 0 Å². The van der Waals surface area contributed by atoms with Gasteiger partial charge in [-0.3, -0.25) is 14.4 Å². The summed E-state index contributed by atoms with van der Waals surface area (Å²) >= 11 is 0. The van der Waals surface area contributed by atoms with Crippen molar-refractivity contribution in [3.05, 3.63) is 109 Å². The quantitative estimate of drug-likeness (QED) is 0.0261. The highest BCUT2D eigenvalue weighted by molar-refractivity contribution is 5.71. The van der Waals surface area contributed by atoms with Gasteiger partial charge in [-0.1, -0.05) is 310 Å². The number of carbonyl (C=O) groups is 3. The Labute approximate surface area is 489 Å². The van der Waals surface area contributed by atoms with Crippen molar-refractivity contribution in [2.45, 2.75) is 322 Å². The zero-order valence-electron chi connectivity index (χ0n) is 51.9. The molecule has 6 heteroatoms. The molecule has 0 saturated carbocycles. The van der Waals surface area contributed by atoms with Crippen LogP contribution in [0.15, 0.2) is 109 Å². The normalized spacial score (nSPS) is 12.8. The lowest BCUT2D eigenvalue weighted by Crippen LogP contribution is -2.30. The van der Waals surface area contributed by atoms with Crippen molar-refractivity contribution in [1.82, 2.24) is 0 Å². The predicted octanol–water partition coefficient (Wildman–Crippen LogP) is 23.0. The van der Waals surface area contributed by atoms with Gasteiger partial charge in [-0.05, 0) is 96.3 Å². The van der Waals surface area contributed by atoms with Crippen LogP contribution in [0.4, 0.5) is 0 Å². The molecule has 0 radical (unpaired) electrons. The average Bonchev–Trinajstić information content (AvgIpc) is 3.45. The summed E-state index contributed by atoms with van der Waals surface area (Å²) in [6, 6.07) is 0. The van der Waals surface area contributed by atoms with Crippen molar-refractivity contribution < 1.29 is 28.6 Å². The minimum atomic E-state index is -0.817. The maximum Gasteiger partial charge on any atom is 0.306 e. The molecule has 0 aromatic heterocycles. The van der Waals surface area contributed by atoms with Gasteiger partial charge in [0.05, 0.1) is 0 Å². The first kappa shape index (κ1) is 75.1. The Balaban J connectivity index is 4.42. The first-order valence-electron chi connectivity index (χ1n) is 33.4. The molecule has 0 amide bonds. The minimum absolute atomic E-state index is 0.104. The third kappa shape index (κ3) is 64.8. The maximum atomic E-state index is 12.9. The molecule has 0 spiro atoms. The van der Waals surface area contributed by atoms with Crippen molar-refractivity contribution in [1.29, 1.82) is 0 Å². The van der Waals surface area contributed by atoms with E-state index in [1.807, 2.05) is 0 Å². The fourth-order valence-corrected chi connectivity index (χ4v) is 9.27. The van der Waals surface area contributed by atoms with Crippen LogP contribution in [-0.4, -0.2) is 37.2 Å². The van der Waals surface area contributed by atoms with E-state index in [0.717, 1.165) is 116 Å². The Morgan fingerprint density at radius 2 is 0.519 bits per heavy atom. The number of carbonyl (C=O) groups excluding carboxylic acids is 3. The molecule has 6 nitrogen and oxygen atoms in total. The van der Waals surface area contributed by atoms with E-state index >= 15 is 0 Å². The lowest BCUT2D eigenvalue weighted by molar-refractivity contribution is -0.167. The van der Waals surface area contributed by atoms with E-state index in [0.29, 0.717) is 19.3 Å². The Morgan fingerprint density at radius 1 is 0.266 bits per heavy atom. The number of esters is 3. The van der Waals surface area contributed by atoms with E-state index in [1.165, 1.54) is 154 Å². The van der Waals surface area contributed by atoms with Crippen LogP contribution in [0.3, 0.4) is 0 Å². The van der Waals surface area contributed by atoms with Gasteiger partial charge in [0.1, 0.15) is 13.2 Å². The monoisotopic (exact) mass is 1100 g/mol. The van der Waals surface area contributed by atoms with Crippen molar-refractivity contribution in [2.24, 2.45) is 0 Å². The van der Waals surface area contributed by atoms with Crippen LogP contribution >= 0.6 is 0 Å². The summed E-state index contributed by atoms with van der Waals surface area (Å²) in [5.74, 6) is -0.969. The number of ether oxygens (including phenoxy) is 3. The molecule has 1 unspecified atom stereocenters. The molecule has 452 valence electrons. The summed E-state index contributed by atoms with van der Waals surface area (Å²) in [6.45, 7) is 6.46. The largest absolute Gasteiger partial charge is 0.462 e. The Hall–Kier alpha value is -3.93. The van der Waals surface area contributed by atoms with Crippen LogP contribution in [0.5, 0.6) is 0 Å². The zero-order chi connectivity index (χ0) is 57.1. The third-order valence-electron chi connectivity index (χ3n) is 14.3. The van der Waals surface area contributed by atoms with Crippen molar-refractivity contribution >= 4 is 17.9 Å². The fourth-order valence-electron chi connectivity index (χ4n) is 9.27. The molecule has 0 aliphatic rings. The molecule has 0 fully saturated rings. The Kier molecular flexibility index (Phi) is 63.3. The average molecular weight is 1100 g/mol. The lowest BCUT2D eigenvalue weighted by Gasteiger charge is -2.18. The molecule has 0 bridgehead atoms. The van der Waals surface area contributed by atoms with E-state index in [2.05, 4.69) is 130 Å². The topological polar surface area (TPSA) is 78.9 Å². The van der Waals surface area contributed by atoms with E-state index in [-0.39, 0.29) is 37.5 Å². The van der Waals surface area contributed by atoms with E-state index in [4.69, 9.17) is 14.2 Å². The maximum absolute atomic E-state index is 12.9. The molecule has 0 aromatic carbocycles. The number of rotatable bonds is 60. The van der Waals surface area contributed by atoms with Gasteiger partial charge in [-0.25, -0.2) is 0 Å². The third-order valence-corrected chi connectivity index (χ3v) is 14.3. The van der Waals surface area contributed by atoms with Crippen LogP contribution in [0.25, 0.3) is 0 Å². The molecular formula is C73H124O6. The SMILES string of the molecule is CC/C=C\C/C=C\C/C=C\C/C=C\C/C=C\C/C=C\C/C=C\CCCC(=O)OC(COC(=O)CCCCCCC/C=C\C/C=C\CCCC)COC(=O)CCCCCCCCCCCCCCCCCCCCCCCCCC. The fraction of sp³-hybridized carbons (Fsp3) is 0.712. The minimum Gasteiger partial charge on any atom is -0.462 e. The highest BCUT2D eigenvalue weighted by Crippen LogP contribution is 2.17. The number of hydrogen-bond acceptors (Lipinski definition) is 6. The molecule has 0 aliphatic heterocycles. The molecule has 1 atom stereocenters. The molecule has 0 N–H and O–H groups in total. The van der Waals surface area contributed by atoms with Crippen LogP contribution in [0.1, 0.15) is 316 Å². The smallest absolute Gasteiger partial charge is 0.306 e. The van der Waals surface area contributed by atoms with Crippen LogP contribution < -0.4 is 0 Å². The zero-order valence-corrected chi connectivity index (χ0v) is 51.9. The second-order valence-electron chi connectivity index (χ2n) is 22.0. The van der Waals surface area contributed by atoms with Crippen LogP contribution in [-0.2, 0) is 28.6 Å². The van der Waals surface area contributed by atoms with Crippen molar-refractivity contribution in [2.75, 3.05) is 13.2 Å². The van der Waals surface area contributed by atoms with Crippen molar-refractivity contribution in [3.63, 3.8) is 0 Å². The van der Waals surface area contributed by atoms with Gasteiger partial charge < -0.3 is 14.2 Å². The van der Waals surface area contributed by atoms with Gasteiger partial charge in [0, 0.05) is 19.3 Å². The predicted molar refractivity (Wildman–Crippen MR) is 343 cm³/mol. The summed E-state index contributed by atoms with van der Waals surface area (Å²) < 4.78 is 16.9. The number of allylic oxidation sites excluding steroid dienone is 18. The summed E-state index contributed by atoms with van der Waals surface area (Å²) in [7, 11) is 0. The molecular weight excluding hydrogens is 973 g/mol. The van der Waals surface area contributed by atoms with E-state index in [9.17, 15) is 14.4 Å². The highest BCUT2D eigenvalue weighted by Gasteiger charge is 2.19.